The maximum atomic E-state index is 10.0. The smallest absolute Gasteiger partial charge is 0.163 e. The molecule has 3 aromatic rings. The molecule has 2 N–H and O–H groups in total. The van der Waals surface area contributed by atoms with E-state index in [0.717, 1.165) is 48.6 Å². The van der Waals surface area contributed by atoms with E-state index in [-0.39, 0.29) is 6.61 Å². The first-order chi connectivity index (χ1) is 14.7. The van der Waals surface area contributed by atoms with Gasteiger partial charge >= 0.3 is 0 Å². The van der Waals surface area contributed by atoms with Crippen molar-refractivity contribution < 1.29 is 14.6 Å². The van der Waals surface area contributed by atoms with Crippen LogP contribution in [0.15, 0.2) is 36.7 Å². The fourth-order valence-corrected chi connectivity index (χ4v) is 3.86. The van der Waals surface area contributed by atoms with Gasteiger partial charge in [-0.3, -0.25) is 0 Å². The first kappa shape index (κ1) is 18.8. The Morgan fingerprint density at radius 1 is 1.23 bits per heavy atom. The van der Waals surface area contributed by atoms with Gasteiger partial charge in [-0.15, -0.1) is 0 Å². The van der Waals surface area contributed by atoms with E-state index in [1.807, 2.05) is 24.4 Å². The van der Waals surface area contributed by atoms with Gasteiger partial charge in [-0.25, -0.2) is 9.50 Å². The maximum Gasteiger partial charge on any atom is 0.163 e. The topological polar surface area (TPSA) is 108 Å². The first-order valence-electron chi connectivity index (χ1n) is 9.99. The normalized spacial score (nSPS) is 21.7. The largest absolute Gasteiger partial charge is 0.484 e. The molecule has 2 aliphatic heterocycles. The summed E-state index contributed by atoms with van der Waals surface area (Å²) in [6.45, 7) is 4.36. The van der Waals surface area contributed by atoms with E-state index in [1.165, 1.54) is 0 Å². The Labute approximate surface area is 173 Å². The summed E-state index contributed by atoms with van der Waals surface area (Å²) >= 11 is 0. The highest BCUT2D eigenvalue weighted by atomic mass is 16.6. The van der Waals surface area contributed by atoms with Crippen LogP contribution in [0.4, 0.5) is 5.82 Å². The van der Waals surface area contributed by atoms with Crippen molar-refractivity contribution in [3.05, 3.63) is 42.4 Å². The SMILES string of the molecule is N#Cc1cc2c(-c3ccc(N4CCNCC4)nc3)cc(O[C@H]3COC[C@@H]3O)cn2n1. The lowest BCUT2D eigenvalue weighted by Crippen LogP contribution is -2.43. The van der Waals surface area contributed by atoms with Crippen LogP contribution in [0.5, 0.6) is 5.75 Å². The molecule has 0 saturated carbocycles. The van der Waals surface area contributed by atoms with Crippen molar-refractivity contribution in [2.24, 2.45) is 0 Å². The summed E-state index contributed by atoms with van der Waals surface area (Å²) in [7, 11) is 0. The molecule has 0 aliphatic carbocycles. The minimum absolute atomic E-state index is 0.261. The Balaban J connectivity index is 1.51. The van der Waals surface area contributed by atoms with Gasteiger partial charge in [0.2, 0.25) is 0 Å². The van der Waals surface area contributed by atoms with Crippen molar-refractivity contribution in [3.63, 3.8) is 0 Å². The molecule has 0 unspecified atom stereocenters. The number of aromatic nitrogens is 3. The first-order valence-corrected chi connectivity index (χ1v) is 9.99. The van der Waals surface area contributed by atoms with Gasteiger partial charge in [0.05, 0.1) is 24.9 Å². The van der Waals surface area contributed by atoms with E-state index in [2.05, 4.69) is 26.4 Å². The van der Waals surface area contributed by atoms with Crippen LogP contribution >= 0.6 is 0 Å². The molecule has 30 heavy (non-hydrogen) atoms. The molecule has 2 saturated heterocycles. The molecular formula is C21H22N6O3. The highest BCUT2D eigenvalue weighted by molar-refractivity contribution is 5.81. The van der Waals surface area contributed by atoms with Gasteiger partial charge in [0.15, 0.2) is 5.69 Å². The molecule has 5 rings (SSSR count). The molecule has 9 heteroatoms. The van der Waals surface area contributed by atoms with E-state index >= 15 is 0 Å². The summed E-state index contributed by atoms with van der Waals surface area (Å²) in [5, 5.41) is 26.9. The number of nitrogens with one attached hydrogen (secondary N) is 1. The summed E-state index contributed by atoms with van der Waals surface area (Å²) in [4.78, 5) is 6.91. The lowest BCUT2D eigenvalue weighted by Gasteiger charge is -2.28. The fourth-order valence-electron chi connectivity index (χ4n) is 3.86. The van der Waals surface area contributed by atoms with E-state index in [1.54, 1.807) is 16.8 Å². The maximum absolute atomic E-state index is 10.0. The van der Waals surface area contributed by atoms with E-state index < -0.39 is 12.2 Å². The molecule has 2 fully saturated rings. The number of rotatable bonds is 4. The Morgan fingerprint density at radius 2 is 2.10 bits per heavy atom. The average Bonchev–Trinajstić information content (AvgIpc) is 3.39. The minimum atomic E-state index is -0.670. The van der Waals surface area contributed by atoms with Gasteiger partial charge < -0.3 is 24.8 Å². The lowest BCUT2D eigenvalue weighted by molar-refractivity contribution is 0.0730. The predicted octanol–water partition coefficient (Wildman–Crippen LogP) is 0.816. The van der Waals surface area contributed by atoms with Crippen LogP contribution in [0, 0.1) is 11.3 Å². The molecule has 0 radical (unpaired) electrons. The number of anilines is 1. The summed E-state index contributed by atoms with van der Waals surface area (Å²) in [6, 6.07) is 9.76. The summed E-state index contributed by atoms with van der Waals surface area (Å²) < 4.78 is 12.9. The number of nitrogens with zero attached hydrogens (tertiary/aromatic N) is 5. The molecule has 5 heterocycles. The standard InChI is InChI=1S/C21H22N6O3/c22-9-15-7-18-17(14-1-2-21(24-10-14)26-5-3-23-4-6-26)8-16(11-27(18)25-15)30-20-13-29-12-19(20)28/h1-2,7-8,10-11,19-20,23,28H,3-6,12-13H2/t19-,20-/m0/s1. The van der Waals surface area contributed by atoms with Gasteiger partial charge in [0, 0.05) is 49.6 Å². The molecule has 9 nitrogen and oxygen atoms in total. The summed E-state index contributed by atoms with van der Waals surface area (Å²) in [5.74, 6) is 1.49. The molecule has 0 spiro atoms. The van der Waals surface area contributed by atoms with Gasteiger partial charge in [0.1, 0.15) is 29.8 Å². The molecule has 154 valence electrons. The van der Waals surface area contributed by atoms with Crippen LogP contribution in [-0.4, -0.2) is 71.3 Å². The Morgan fingerprint density at radius 3 is 2.80 bits per heavy atom. The van der Waals surface area contributed by atoms with E-state index in [4.69, 9.17) is 9.47 Å². The number of ether oxygens (including phenoxy) is 2. The third-order valence-electron chi connectivity index (χ3n) is 5.45. The second-order valence-electron chi connectivity index (χ2n) is 7.46. The zero-order valence-corrected chi connectivity index (χ0v) is 16.4. The molecule has 3 aromatic heterocycles. The third-order valence-corrected chi connectivity index (χ3v) is 5.45. The van der Waals surface area contributed by atoms with Gasteiger partial charge in [0.25, 0.3) is 0 Å². The third kappa shape index (κ3) is 3.57. The molecule has 0 amide bonds. The second kappa shape index (κ2) is 7.91. The number of hydrogen-bond donors (Lipinski definition) is 2. The number of hydrogen-bond acceptors (Lipinski definition) is 8. The highest BCUT2D eigenvalue weighted by Gasteiger charge is 2.28. The number of aliphatic hydroxyl groups excluding tert-OH is 1. The molecule has 2 aliphatic rings. The lowest BCUT2D eigenvalue weighted by atomic mass is 10.1. The number of pyridine rings is 2. The second-order valence-corrected chi connectivity index (χ2v) is 7.46. The Hall–Kier alpha value is -3.19. The Kier molecular flexibility index (Phi) is 4.96. The molecule has 0 bridgehead atoms. The van der Waals surface area contributed by atoms with Crippen molar-refractivity contribution in [1.82, 2.24) is 19.9 Å². The van der Waals surface area contributed by atoms with Crippen LogP contribution in [0.25, 0.3) is 16.6 Å². The van der Waals surface area contributed by atoms with Crippen LogP contribution in [0.3, 0.4) is 0 Å². The van der Waals surface area contributed by atoms with E-state index in [0.29, 0.717) is 18.1 Å². The van der Waals surface area contributed by atoms with E-state index in [9.17, 15) is 10.4 Å². The van der Waals surface area contributed by atoms with Crippen LogP contribution in [0.1, 0.15) is 5.69 Å². The van der Waals surface area contributed by atoms with Crippen molar-refractivity contribution in [2.45, 2.75) is 12.2 Å². The Bertz CT molecular complexity index is 1080. The fraction of sp³-hybridized carbons (Fsp3) is 0.381. The minimum Gasteiger partial charge on any atom is -0.484 e. The molecular weight excluding hydrogens is 384 g/mol. The predicted molar refractivity (Wildman–Crippen MR) is 109 cm³/mol. The van der Waals surface area contributed by atoms with Crippen LogP contribution in [-0.2, 0) is 4.74 Å². The number of piperazine rings is 1. The number of nitriles is 1. The zero-order valence-electron chi connectivity index (χ0n) is 16.4. The average molecular weight is 406 g/mol. The number of fused-ring (bicyclic) bond motifs is 1. The quantitative estimate of drug-likeness (QED) is 0.656. The number of aliphatic hydroxyl groups is 1. The zero-order chi connectivity index (χ0) is 20.5. The van der Waals surface area contributed by atoms with Gasteiger partial charge in [-0.2, -0.15) is 10.4 Å². The van der Waals surface area contributed by atoms with Crippen molar-refractivity contribution >= 4 is 11.3 Å². The highest BCUT2D eigenvalue weighted by Crippen LogP contribution is 2.31. The summed E-state index contributed by atoms with van der Waals surface area (Å²) in [6.07, 6.45) is 2.45. The monoisotopic (exact) mass is 406 g/mol. The summed E-state index contributed by atoms with van der Waals surface area (Å²) in [5.41, 5.74) is 2.87. The van der Waals surface area contributed by atoms with Crippen LogP contribution < -0.4 is 15.0 Å². The van der Waals surface area contributed by atoms with Crippen LogP contribution in [0.2, 0.25) is 0 Å². The van der Waals surface area contributed by atoms with Crippen molar-refractivity contribution in [1.29, 1.82) is 5.26 Å². The molecule has 2 atom stereocenters. The van der Waals surface area contributed by atoms with Gasteiger partial charge in [-0.1, -0.05) is 0 Å². The van der Waals surface area contributed by atoms with Gasteiger partial charge in [-0.05, 0) is 18.2 Å². The van der Waals surface area contributed by atoms with Crippen molar-refractivity contribution in [3.8, 4) is 22.9 Å². The van der Waals surface area contributed by atoms with Crippen molar-refractivity contribution in [2.75, 3.05) is 44.3 Å². The molecule has 0 aromatic carbocycles.